The predicted molar refractivity (Wildman–Crippen MR) is 25.5 cm³/mol. The minimum atomic E-state index is -6.00. The molecule has 3 N–H and O–H groups in total. The van der Waals surface area contributed by atoms with Crippen molar-refractivity contribution in [2.24, 2.45) is 0 Å². The summed E-state index contributed by atoms with van der Waals surface area (Å²) in [6.45, 7) is 0. The highest BCUT2D eigenvalue weighted by molar-refractivity contribution is 8.93. The van der Waals surface area contributed by atoms with E-state index < -0.39 is 7.25 Å². The topological polar surface area (TPSA) is 35.0 Å². The number of halogens is 5. The van der Waals surface area contributed by atoms with Crippen LogP contribution in [0.25, 0.3) is 0 Å². The SMILES string of the molecule is Br.F[B-](F)(F)F.N. The average Bonchev–Trinajstić information content (AvgIpc) is 0.722. The standard InChI is InChI=1S/BF4.BrH.H3N/c2-1(3,4)5;;/h;1H;1H3/q-1;;. The zero-order valence-electron chi connectivity index (χ0n) is 3.20. The van der Waals surface area contributed by atoms with Gasteiger partial charge in [0.15, 0.2) is 0 Å². The summed E-state index contributed by atoms with van der Waals surface area (Å²) in [5.74, 6) is 0. The van der Waals surface area contributed by atoms with Crippen LogP contribution in [0.5, 0.6) is 0 Å². The van der Waals surface area contributed by atoms with E-state index in [2.05, 4.69) is 0 Å². The molecule has 0 unspecified atom stereocenters. The molecule has 48 valence electrons. The minimum Gasteiger partial charge on any atom is -0.418 e. The summed E-state index contributed by atoms with van der Waals surface area (Å²) < 4.78 is 39.0. The maximum Gasteiger partial charge on any atom is 0.673 e. The lowest BCUT2D eigenvalue weighted by Crippen LogP contribution is -2.02. The number of rotatable bonds is 0. The molecule has 0 aromatic heterocycles. The molecule has 0 aliphatic heterocycles. The van der Waals surface area contributed by atoms with Crippen LogP contribution in [0.3, 0.4) is 0 Å². The molecule has 7 heteroatoms. The Hall–Kier alpha value is 0.225. The molecule has 0 saturated carbocycles. The van der Waals surface area contributed by atoms with E-state index in [1.54, 1.807) is 0 Å². The third kappa shape index (κ3) is 2200. The highest BCUT2D eigenvalue weighted by Crippen LogP contribution is 2.06. The van der Waals surface area contributed by atoms with E-state index in [1.807, 2.05) is 0 Å². The van der Waals surface area contributed by atoms with Crippen molar-refractivity contribution in [3.05, 3.63) is 0 Å². The van der Waals surface area contributed by atoms with Crippen molar-refractivity contribution in [2.75, 3.05) is 0 Å². The lowest BCUT2D eigenvalue weighted by atomic mass is 10.3. The van der Waals surface area contributed by atoms with Crippen LogP contribution in [0, 0.1) is 0 Å². The van der Waals surface area contributed by atoms with Gasteiger partial charge in [-0.15, -0.1) is 17.0 Å². The monoisotopic (exact) mass is 184 g/mol. The highest BCUT2D eigenvalue weighted by Gasteiger charge is 2.20. The van der Waals surface area contributed by atoms with Crippen LogP contribution < -0.4 is 6.15 Å². The van der Waals surface area contributed by atoms with Crippen molar-refractivity contribution in [1.29, 1.82) is 0 Å². The van der Waals surface area contributed by atoms with Crippen molar-refractivity contribution in [3.63, 3.8) is 0 Å². The van der Waals surface area contributed by atoms with E-state index in [9.17, 15) is 17.3 Å². The third-order valence-electron chi connectivity index (χ3n) is 0. The average molecular weight is 185 g/mol. The first kappa shape index (κ1) is 15.7. The van der Waals surface area contributed by atoms with Crippen LogP contribution in [0.4, 0.5) is 17.3 Å². The van der Waals surface area contributed by atoms with Crippen LogP contribution in [-0.2, 0) is 0 Å². The van der Waals surface area contributed by atoms with Gasteiger partial charge >= 0.3 is 7.25 Å². The molecular weight excluding hydrogens is 181 g/mol. The van der Waals surface area contributed by atoms with Crippen molar-refractivity contribution in [2.45, 2.75) is 0 Å². The Morgan fingerprint density at radius 2 is 0.857 bits per heavy atom. The third-order valence-corrected chi connectivity index (χ3v) is 0. The van der Waals surface area contributed by atoms with Crippen molar-refractivity contribution >= 4 is 24.2 Å². The van der Waals surface area contributed by atoms with Gasteiger partial charge in [0.25, 0.3) is 0 Å². The van der Waals surface area contributed by atoms with Crippen molar-refractivity contribution in [3.8, 4) is 0 Å². The van der Waals surface area contributed by atoms with Gasteiger partial charge in [-0.05, 0) is 0 Å². The fourth-order valence-corrected chi connectivity index (χ4v) is 0. The quantitative estimate of drug-likeness (QED) is 0.454. The maximum absolute atomic E-state index is 9.75. The Balaban J connectivity index is -0.0000000800. The molecule has 7 heavy (non-hydrogen) atoms. The van der Waals surface area contributed by atoms with Gasteiger partial charge in [-0.1, -0.05) is 0 Å². The molecule has 0 aromatic carbocycles. The maximum atomic E-state index is 9.75. The predicted octanol–water partition coefficient (Wildman–Crippen LogP) is 2.04. The first-order valence-corrected chi connectivity index (χ1v) is 0.873. The Kier molecular flexibility index (Phi) is 9.83. The first-order chi connectivity index (χ1) is 2.00. The van der Waals surface area contributed by atoms with E-state index in [1.165, 1.54) is 0 Å². The first-order valence-electron chi connectivity index (χ1n) is 0.873. The van der Waals surface area contributed by atoms with Gasteiger partial charge in [0.2, 0.25) is 0 Å². The highest BCUT2D eigenvalue weighted by atomic mass is 79.9. The molecule has 1 nitrogen and oxygen atoms in total. The van der Waals surface area contributed by atoms with Gasteiger partial charge in [0, 0.05) is 0 Å². The van der Waals surface area contributed by atoms with Gasteiger partial charge < -0.3 is 23.4 Å². The molecule has 0 aliphatic carbocycles. The lowest BCUT2D eigenvalue weighted by molar-refractivity contribution is 0.368. The molecule has 0 spiro atoms. The van der Waals surface area contributed by atoms with Crippen LogP contribution in [0.1, 0.15) is 0 Å². The van der Waals surface area contributed by atoms with E-state index in [0.29, 0.717) is 0 Å². The van der Waals surface area contributed by atoms with Gasteiger partial charge in [-0.3, -0.25) is 0 Å². The Morgan fingerprint density at radius 3 is 0.857 bits per heavy atom. The van der Waals surface area contributed by atoms with Crippen molar-refractivity contribution < 1.29 is 17.3 Å². The smallest absolute Gasteiger partial charge is 0.418 e. The zero-order chi connectivity index (χ0) is 4.50. The largest absolute Gasteiger partial charge is 0.673 e. The molecule has 0 bridgehead atoms. The second kappa shape index (κ2) is 4.39. The molecule has 0 atom stereocenters. The van der Waals surface area contributed by atoms with Gasteiger partial charge in [0.05, 0.1) is 0 Å². The summed E-state index contributed by atoms with van der Waals surface area (Å²) in [6.07, 6.45) is 0. The molecule has 0 fully saturated rings. The summed E-state index contributed by atoms with van der Waals surface area (Å²) >= 11 is 0. The molecule has 0 radical (unpaired) electrons. The van der Waals surface area contributed by atoms with E-state index in [0.717, 1.165) is 0 Å². The Morgan fingerprint density at radius 1 is 0.857 bits per heavy atom. The van der Waals surface area contributed by atoms with Crippen LogP contribution in [-0.4, -0.2) is 7.25 Å². The molecule has 0 rings (SSSR count). The Bertz CT molecular complexity index is 27.2. The van der Waals surface area contributed by atoms with E-state index in [4.69, 9.17) is 0 Å². The van der Waals surface area contributed by atoms with E-state index >= 15 is 0 Å². The molecule has 0 aromatic rings. The molecule has 0 amide bonds. The Labute approximate surface area is 48.5 Å². The van der Waals surface area contributed by atoms with Gasteiger partial charge in [-0.25, -0.2) is 0 Å². The van der Waals surface area contributed by atoms with E-state index in [-0.39, 0.29) is 23.1 Å². The zero-order valence-corrected chi connectivity index (χ0v) is 4.92. The minimum absolute atomic E-state index is 0. The summed E-state index contributed by atoms with van der Waals surface area (Å²) in [4.78, 5) is 0. The van der Waals surface area contributed by atoms with Crippen LogP contribution in [0.15, 0.2) is 0 Å². The lowest BCUT2D eigenvalue weighted by Gasteiger charge is -1.94. The fourth-order valence-electron chi connectivity index (χ4n) is 0. The second-order valence-corrected chi connectivity index (χ2v) is 0.495. The van der Waals surface area contributed by atoms with Gasteiger partial charge in [-0.2, -0.15) is 0 Å². The second-order valence-electron chi connectivity index (χ2n) is 0.495. The summed E-state index contributed by atoms with van der Waals surface area (Å²) in [7, 11) is -6.00. The van der Waals surface area contributed by atoms with Gasteiger partial charge in [0.1, 0.15) is 0 Å². The summed E-state index contributed by atoms with van der Waals surface area (Å²) in [6, 6.07) is 0. The van der Waals surface area contributed by atoms with Crippen molar-refractivity contribution in [1.82, 2.24) is 6.15 Å². The molecule has 0 saturated heterocycles. The summed E-state index contributed by atoms with van der Waals surface area (Å²) in [5.41, 5.74) is 0. The number of hydrogen-bond donors (Lipinski definition) is 1. The summed E-state index contributed by atoms with van der Waals surface area (Å²) in [5, 5.41) is 0. The van der Waals surface area contributed by atoms with Crippen LogP contribution >= 0.6 is 17.0 Å². The molecule has 0 aliphatic rings. The van der Waals surface area contributed by atoms with Crippen LogP contribution in [0.2, 0.25) is 0 Å². The molecule has 0 heterocycles. The normalized spacial score (nSPS) is 8.57. The number of hydrogen-bond acceptors (Lipinski definition) is 1. The molecular formula is H4BBrF4N-. The fraction of sp³-hybridized carbons (Fsp3) is 0.